The van der Waals surface area contributed by atoms with E-state index in [1.165, 1.54) is 11.1 Å². The van der Waals surface area contributed by atoms with Gasteiger partial charge in [-0.25, -0.2) is 0 Å². The Kier molecular flexibility index (Phi) is 4.20. The first-order chi connectivity index (χ1) is 9.03. The van der Waals surface area contributed by atoms with E-state index in [1.54, 1.807) is 0 Å². The van der Waals surface area contributed by atoms with Gasteiger partial charge in [-0.05, 0) is 43.5 Å². The normalized spacial score (nSPS) is 13.8. The number of carbonyl (C=O) groups excluding carboxylic acids is 1. The standard InChI is InChI=1S/C17H17BrO/c1-13-3-5-14(6-4-13)11-17(2,12-19)15-7-9-16(18)10-8-15/h3-10,12H,11H2,1-2H3/t17-/m0/s1. The molecule has 0 unspecified atom stereocenters. The topological polar surface area (TPSA) is 17.1 Å². The molecule has 1 atom stereocenters. The minimum absolute atomic E-state index is 0.476. The first-order valence-corrected chi connectivity index (χ1v) is 7.11. The quantitative estimate of drug-likeness (QED) is 0.761. The van der Waals surface area contributed by atoms with Crippen molar-refractivity contribution in [3.63, 3.8) is 0 Å². The minimum atomic E-state index is -0.476. The Hall–Kier alpha value is -1.41. The van der Waals surface area contributed by atoms with Gasteiger partial charge < -0.3 is 4.79 Å². The first kappa shape index (κ1) is 14.0. The Labute approximate surface area is 122 Å². The van der Waals surface area contributed by atoms with E-state index in [2.05, 4.69) is 47.1 Å². The summed E-state index contributed by atoms with van der Waals surface area (Å²) in [6.45, 7) is 4.06. The second-order valence-corrected chi connectivity index (χ2v) is 6.12. The molecule has 0 aromatic heterocycles. The lowest BCUT2D eigenvalue weighted by Gasteiger charge is -2.24. The van der Waals surface area contributed by atoms with Crippen LogP contribution in [-0.2, 0) is 16.6 Å². The Morgan fingerprint density at radius 2 is 1.63 bits per heavy atom. The Bertz CT molecular complexity index is 557. The van der Waals surface area contributed by atoms with Crippen molar-refractivity contribution in [3.8, 4) is 0 Å². The zero-order valence-electron chi connectivity index (χ0n) is 11.2. The van der Waals surface area contributed by atoms with Crippen LogP contribution in [0.1, 0.15) is 23.6 Å². The molecule has 0 saturated heterocycles. The summed E-state index contributed by atoms with van der Waals surface area (Å²) in [5, 5.41) is 0. The van der Waals surface area contributed by atoms with Crippen LogP contribution in [0.2, 0.25) is 0 Å². The number of aryl methyl sites for hydroxylation is 1. The van der Waals surface area contributed by atoms with Crippen molar-refractivity contribution >= 4 is 22.2 Å². The molecular weight excluding hydrogens is 300 g/mol. The monoisotopic (exact) mass is 316 g/mol. The van der Waals surface area contributed by atoms with E-state index >= 15 is 0 Å². The summed E-state index contributed by atoms with van der Waals surface area (Å²) < 4.78 is 1.03. The molecule has 0 aliphatic carbocycles. The second-order valence-electron chi connectivity index (χ2n) is 5.20. The van der Waals surface area contributed by atoms with Crippen LogP contribution in [0.25, 0.3) is 0 Å². The van der Waals surface area contributed by atoms with Crippen LogP contribution in [0.5, 0.6) is 0 Å². The molecule has 0 N–H and O–H groups in total. The van der Waals surface area contributed by atoms with Crippen molar-refractivity contribution in [2.75, 3.05) is 0 Å². The maximum atomic E-state index is 11.6. The molecule has 0 fully saturated rings. The van der Waals surface area contributed by atoms with E-state index in [0.29, 0.717) is 0 Å². The van der Waals surface area contributed by atoms with Crippen molar-refractivity contribution in [3.05, 3.63) is 69.7 Å². The van der Waals surface area contributed by atoms with Crippen LogP contribution in [-0.4, -0.2) is 6.29 Å². The van der Waals surface area contributed by atoms with Gasteiger partial charge in [0.25, 0.3) is 0 Å². The van der Waals surface area contributed by atoms with E-state index in [4.69, 9.17) is 0 Å². The number of hydrogen-bond donors (Lipinski definition) is 0. The van der Waals surface area contributed by atoms with Gasteiger partial charge in [-0.3, -0.25) is 0 Å². The smallest absolute Gasteiger partial charge is 0.130 e. The summed E-state index contributed by atoms with van der Waals surface area (Å²) >= 11 is 3.42. The summed E-state index contributed by atoms with van der Waals surface area (Å²) in [7, 11) is 0. The number of rotatable bonds is 4. The van der Waals surface area contributed by atoms with Crippen LogP contribution >= 0.6 is 15.9 Å². The largest absolute Gasteiger partial charge is 0.302 e. The van der Waals surface area contributed by atoms with Gasteiger partial charge in [0.05, 0.1) is 5.41 Å². The van der Waals surface area contributed by atoms with Gasteiger partial charge in [-0.1, -0.05) is 57.9 Å². The van der Waals surface area contributed by atoms with E-state index in [9.17, 15) is 4.79 Å². The van der Waals surface area contributed by atoms with Crippen molar-refractivity contribution < 1.29 is 4.79 Å². The van der Waals surface area contributed by atoms with Crippen molar-refractivity contribution in [2.24, 2.45) is 0 Å². The zero-order chi connectivity index (χ0) is 13.9. The number of halogens is 1. The molecule has 98 valence electrons. The molecule has 2 aromatic carbocycles. The molecule has 0 bridgehead atoms. The molecule has 2 aromatic rings. The van der Waals surface area contributed by atoms with Crippen LogP contribution in [0.3, 0.4) is 0 Å². The lowest BCUT2D eigenvalue weighted by Crippen LogP contribution is -2.26. The second kappa shape index (κ2) is 5.70. The Morgan fingerprint density at radius 1 is 1.05 bits per heavy atom. The molecule has 0 spiro atoms. The fourth-order valence-electron chi connectivity index (χ4n) is 2.17. The third kappa shape index (κ3) is 3.32. The van der Waals surface area contributed by atoms with E-state index in [1.807, 2.05) is 31.2 Å². The molecule has 2 rings (SSSR count). The predicted molar refractivity (Wildman–Crippen MR) is 82.4 cm³/mol. The Balaban J connectivity index is 2.29. The molecule has 0 aliphatic heterocycles. The third-order valence-corrected chi connectivity index (χ3v) is 3.98. The lowest BCUT2D eigenvalue weighted by atomic mass is 9.78. The first-order valence-electron chi connectivity index (χ1n) is 6.31. The number of aldehydes is 1. The van der Waals surface area contributed by atoms with Crippen LogP contribution in [0.4, 0.5) is 0 Å². The minimum Gasteiger partial charge on any atom is -0.302 e. The molecule has 0 amide bonds. The third-order valence-electron chi connectivity index (χ3n) is 3.46. The van der Waals surface area contributed by atoms with Gasteiger partial charge in [0.1, 0.15) is 6.29 Å². The maximum absolute atomic E-state index is 11.6. The van der Waals surface area contributed by atoms with Crippen molar-refractivity contribution in [1.82, 2.24) is 0 Å². The SMILES string of the molecule is Cc1ccc(C[C@@](C)(C=O)c2ccc(Br)cc2)cc1. The van der Waals surface area contributed by atoms with Gasteiger partial charge in [0.15, 0.2) is 0 Å². The average molecular weight is 317 g/mol. The van der Waals surface area contributed by atoms with Crippen molar-refractivity contribution in [1.29, 1.82) is 0 Å². The number of carbonyl (C=O) groups is 1. The van der Waals surface area contributed by atoms with Gasteiger partial charge >= 0.3 is 0 Å². The lowest BCUT2D eigenvalue weighted by molar-refractivity contribution is -0.112. The summed E-state index contributed by atoms with van der Waals surface area (Å²) in [5.74, 6) is 0. The van der Waals surface area contributed by atoms with Gasteiger partial charge in [0, 0.05) is 4.47 Å². The predicted octanol–water partition coefficient (Wildman–Crippen LogP) is 4.46. The fraction of sp³-hybridized carbons (Fsp3) is 0.235. The molecule has 2 heteroatoms. The summed E-state index contributed by atoms with van der Waals surface area (Å²) in [5.41, 5.74) is 2.99. The highest BCUT2D eigenvalue weighted by Gasteiger charge is 2.26. The fourth-order valence-corrected chi connectivity index (χ4v) is 2.44. The van der Waals surface area contributed by atoms with Crippen LogP contribution in [0, 0.1) is 6.92 Å². The maximum Gasteiger partial charge on any atom is 0.130 e. The van der Waals surface area contributed by atoms with Crippen LogP contribution < -0.4 is 0 Å². The van der Waals surface area contributed by atoms with Crippen molar-refractivity contribution in [2.45, 2.75) is 25.7 Å². The molecule has 19 heavy (non-hydrogen) atoms. The highest BCUT2D eigenvalue weighted by molar-refractivity contribution is 9.10. The molecule has 0 saturated carbocycles. The Morgan fingerprint density at radius 3 is 2.16 bits per heavy atom. The molecule has 0 aliphatic rings. The molecule has 0 heterocycles. The summed E-state index contributed by atoms with van der Waals surface area (Å²) in [6, 6.07) is 16.3. The number of hydrogen-bond acceptors (Lipinski definition) is 1. The zero-order valence-corrected chi connectivity index (χ0v) is 12.8. The average Bonchev–Trinajstić information content (AvgIpc) is 2.42. The van der Waals surface area contributed by atoms with E-state index in [0.717, 1.165) is 22.7 Å². The van der Waals surface area contributed by atoms with E-state index in [-0.39, 0.29) is 0 Å². The van der Waals surface area contributed by atoms with Crippen LogP contribution in [0.15, 0.2) is 53.0 Å². The summed E-state index contributed by atoms with van der Waals surface area (Å²) in [4.78, 5) is 11.6. The highest BCUT2D eigenvalue weighted by atomic mass is 79.9. The highest BCUT2D eigenvalue weighted by Crippen LogP contribution is 2.27. The number of benzene rings is 2. The van der Waals surface area contributed by atoms with E-state index < -0.39 is 5.41 Å². The molecular formula is C17H17BrO. The van der Waals surface area contributed by atoms with Gasteiger partial charge in [-0.15, -0.1) is 0 Å². The van der Waals surface area contributed by atoms with Gasteiger partial charge in [-0.2, -0.15) is 0 Å². The molecule has 1 nitrogen and oxygen atoms in total. The molecule has 0 radical (unpaired) electrons. The summed E-state index contributed by atoms with van der Waals surface area (Å²) in [6.07, 6.45) is 1.77. The van der Waals surface area contributed by atoms with Gasteiger partial charge in [0.2, 0.25) is 0 Å².